The zero-order valence-electron chi connectivity index (χ0n) is 15.3. The average Bonchev–Trinajstić information content (AvgIpc) is 2.60. The predicted octanol–water partition coefficient (Wildman–Crippen LogP) is 2.81. The number of rotatable bonds is 7. The number of hydrogen-bond donors (Lipinski definition) is 2. The number of nitrogens with one attached hydrogen (secondary N) is 1. The largest absolute Gasteiger partial charge is 0.496 e. The molecule has 0 heterocycles. The van der Waals surface area contributed by atoms with Gasteiger partial charge < -0.3 is 19.9 Å². The third kappa shape index (κ3) is 4.53. The number of benzene rings is 2. The van der Waals surface area contributed by atoms with E-state index in [0.717, 1.165) is 22.3 Å². The van der Waals surface area contributed by atoms with Crippen molar-refractivity contribution in [3.63, 3.8) is 0 Å². The molecule has 0 bridgehead atoms. The molecule has 6 heteroatoms. The van der Waals surface area contributed by atoms with Crippen molar-refractivity contribution in [1.29, 1.82) is 0 Å². The maximum Gasteiger partial charge on any atom is 0.326 e. The molecule has 0 aliphatic heterocycles. The van der Waals surface area contributed by atoms with Gasteiger partial charge in [-0.15, -0.1) is 0 Å². The molecule has 0 aliphatic carbocycles. The maximum absolute atomic E-state index is 11.3. The molecule has 0 aliphatic rings. The summed E-state index contributed by atoms with van der Waals surface area (Å²) in [7, 11) is 3.22. The van der Waals surface area contributed by atoms with Crippen LogP contribution in [0.2, 0.25) is 0 Å². The maximum atomic E-state index is 11.3. The standard InChI is InChI=1S/C20H23NO5/c1-12-9-17(25-3)19(18(10-12)26-4)15-7-5-14(6-8-15)11-16(20(23)24)21-13(2)22/h5-10,16H,11H2,1-4H3,(H,21,22)(H,23,24)/t16-/m0/s1. The van der Waals surface area contributed by atoms with Gasteiger partial charge in [0.25, 0.3) is 0 Å². The number of amides is 1. The topological polar surface area (TPSA) is 84.9 Å². The van der Waals surface area contributed by atoms with Crippen LogP contribution < -0.4 is 14.8 Å². The minimum atomic E-state index is -1.06. The SMILES string of the molecule is COc1cc(C)cc(OC)c1-c1ccc(C[C@H](NC(C)=O)C(=O)O)cc1. The summed E-state index contributed by atoms with van der Waals surface area (Å²) in [5.41, 5.74) is 3.57. The number of carboxylic acid groups (broad SMARTS) is 1. The summed E-state index contributed by atoms with van der Waals surface area (Å²) < 4.78 is 11.0. The molecule has 0 radical (unpaired) electrons. The van der Waals surface area contributed by atoms with E-state index in [1.54, 1.807) is 14.2 Å². The normalized spacial score (nSPS) is 11.5. The lowest BCUT2D eigenvalue weighted by molar-refractivity contribution is -0.141. The van der Waals surface area contributed by atoms with Gasteiger partial charge in [0.2, 0.25) is 5.91 Å². The van der Waals surface area contributed by atoms with Crippen LogP contribution in [-0.4, -0.2) is 37.2 Å². The third-order valence-electron chi connectivity index (χ3n) is 4.01. The Morgan fingerprint density at radius 1 is 1.08 bits per heavy atom. The summed E-state index contributed by atoms with van der Waals surface area (Å²) in [6.45, 7) is 3.26. The Hall–Kier alpha value is -3.02. The van der Waals surface area contributed by atoms with Gasteiger partial charge >= 0.3 is 5.97 Å². The second kappa shape index (κ2) is 8.38. The highest BCUT2D eigenvalue weighted by atomic mass is 16.5. The Morgan fingerprint density at radius 3 is 2.04 bits per heavy atom. The lowest BCUT2D eigenvalue weighted by Gasteiger charge is -2.16. The van der Waals surface area contributed by atoms with Crippen LogP contribution in [0.3, 0.4) is 0 Å². The number of carbonyl (C=O) groups is 2. The van der Waals surface area contributed by atoms with Gasteiger partial charge in [0.05, 0.1) is 19.8 Å². The fourth-order valence-corrected chi connectivity index (χ4v) is 2.82. The van der Waals surface area contributed by atoms with Crippen LogP contribution in [-0.2, 0) is 16.0 Å². The molecular weight excluding hydrogens is 334 g/mol. The van der Waals surface area contributed by atoms with Gasteiger partial charge in [-0.1, -0.05) is 24.3 Å². The lowest BCUT2D eigenvalue weighted by Crippen LogP contribution is -2.41. The minimum absolute atomic E-state index is 0.206. The Balaban J connectivity index is 2.33. The molecule has 0 saturated carbocycles. The Kier molecular flexibility index (Phi) is 6.22. The Morgan fingerprint density at radius 2 is 1.62 bits per heavy atom. The van der Waals surface area contributed by atoms with Gasteiger partial charge in [0.1, 0.15) is 17.5 Å². The van der Waals surface area contributed by atoms with E-state index in [-0.39, 0.29) is 12.3 Å². The molecule has 6 nitrogen and oxygen atoms in total. The number of hydrogen-bond acceptors (Lipinski definition) is 4. The first-order valence-electron chi connectivity index (χ1n) is 8.17. The quantitative estimate of drug-likeness (QED) is 0.796. The van der Waals surface area contributed by atoms with E-state index in [9.17, 15) is 14.7 Å². The fraction of sp³-hybridized carbons (Fsp3) is 0.300. The van der Waals surface area contributed by atoms with Gasteiger partial charge in [-0.05, 0) is 35.7 Å². The summed E-state index contributed by atoms with van der Waals surface area (Å²) in [5, 5.41) is 11.7. The van der Waals surface area contributed by atoms with Crippen molar-refractivity contribution in [1.82, 2.24) is 5.32 Å². The molecule has 2 aromatic carbocycles. The number of aryl methyl sites for hydroxylation is 1. The zero-order valence-corrected chi connectivity index (χ0v) is 15.3. The van der Waals surface area contributed by atoms with Crippen molar-refractivity contribution < 1.29 is 24.2 Å². The van der Waals surface area contributed by atoms with Crippen LogP contribution in [0.1, 0.15) is 18.1 Å². The van der Waals surface area contributed by atoms with Crippen molar-refractivity contribution in [3.8, 4) is 22.6 Å². The van der Waals surface area contributed by atoms with Crippen LogP contribution in [0.4, 0.5) is 0 Å². The predicted molar refractivity (Wildman–Crippen MR) is 98.7 cm³/mol. The minimum Gasteiger partial charge on any atom is -0.496 e. The molecule has 0 fully saturated rings. The number of aliphatic carboxylic acids is 1. The molecule has 0 saturated heterocycles. The van der Waals surface area contributed by atoms with E-state index < -0.39 is 12.0 Å². The fourth-order valence-electron chi connectivity index (χ4n) is 2.82. The van der Waals surface area contributed by atoms with Crippen molar-refractivity contribution in [2.24, 2.45) is 0 Å². The van der Waals surface area contributed by atoms with Crippen LogP contribution in [0.15, 0.2) is 36.4 Å². The third-order valence-corrected chi connectivity index (χ3v) is 4.01. The van der Waals surface area contributed by atoms with Crippen LogP contribution in [0.5, 0.6) is 11.5 Å². The summed E-state index contributed by atoms with van der Waals surface area (Å²) >= 11 is 0. The summed E-state index contributed by atoms with van der Waals surface area (Å²) in [4.78, 5) is 22.4. The van der Waals surface area contributed by atoms with Crippen molar-refractivity contribution >= 4 is 11.9 Å². The summed E-state index contributed by atoms with van der Waals surface area (Å²) in [6.07, 6.45) is 0.206. The number of ether oxygens (including phenoxy) is 2. The Bertz CT molecular complexity index is 773. The van der Waals surface area contributed by atoms with Gasteiger partial charge in [0.15, 0.2) is 0 Å². The number of carbonyl (C=O) groups excluding carboxylic acids is 1. The molecule has 2 N–H and O–H groups in total. The summed E-state index contributed by atoms with van der Waals surface area (Å²) in [6, 6.07) is 10.4. The molecule has 0 aromatic heterocycles. The lowest BCUT2D eigenvalue weighted by atomic mass is 9.98. The average molecular weight is 357 g/mol. The molecule has 2 rings (SSSR count). The first kappa shape index (κ1) is 19.3. The van der Waals surface area contributed by atoms with Gasteiger partial charge in [-0.25, -0.2) is 4.79 Å². The molecule has 2 aromatic rings. The number of carboxylic acids is 1. The van der Waals surface area contributed by atoms with E-state index in [4.69, 9.17) is 9.47 Å². The van der Waals surface area contributed by atoms with Gasteiger partial charge in [-0.2, -0.15) is 0 Å². The molecule has 0 unspecified atom stereocenters. The zero-order chi connectivity index (χ0) is 19.3. The van der Waals surface area contributed by atoms with E-state index in [2.05, 4.69) is 5.32 Å². The first-order valence-corrected chi connectivity index (χ1v) is 8.17. The second-order valence-corrected chi connectivity index (χ2v) is 6.04. The monoisotopic (exact) mass is 357 g/mol. The Labute approximate surface area is 152 Å². The highest BCUT2D eigenvalue weighted by Crippen LogP contribution is 2.39. The van der Waals surface area contributed by atoms with Gasteiger partial charge in [0, 0.05) is 13.3 Å². The van der Waals surface area contributed by atoms with Gasteiger partial charge in [-0.3, -0.25) is 4.79 Å². The number of methoxy groups -OCH3 is 2. The van der Waals surface area contributed by atoms with E-state index in [0.29, 0.717) is 11.5 Å². The summed E-state index contributed by atoms with van der Waals surface area (Å²) in [5.74, 6) is -0.0261. The smallest absolute Gasteiger partial charge is 0.326 e. The van der Waals surface area contributed by atoms with Crippen LogP contribution >= 0.6 is 0 Å². The molecule has 0 spiro atoms. The molecule has 1 amide bonds. The van der Waals surface area contributed by atoms with Crippen LogP contribution in [0.25, 0.3) is 11.1 Å². The molecule has 138 valence electrons. The van der Waals surface area contributed by atoms with Crippen LogP contribution in [0, 0.1) is 6.92 Å². The second-order valence-electron chi connectivity index (χ2n) is 6.04. The van der Waals surface area contributed by atoms with Crippen molar-refractivity contribution in [2.75, 3.05) is 14.2 Å². The van der Waals surface area contributed by atoms with Crippen molar-refractivity contribution in [3.05, 3.63) is 47.5 Å². The molecule has 1 atom stereocenters. The first-order chi connectivity index (χ1) is 12.3. The van der Waals surface area contributed by atoms with E-state index >= 15 is 0 Å². The van der Waals surface area contributed by atoms with E-state index in [1.165, 1.54) is 6.92 Å². The molecular formula is C20H23NO5. The van der Waals surface area contributed by atoms with Crippen molar-refractivity contribution in [2.45, 2.75) is 26.3 Å². The highest BCUT2D eigenvalue weighted by Gasteiger charge is 2.19. The molecule has 26 heavy (non-hydrogen) atoms. The highest BCUT2D eigenvalue weighted by molar-refractivity contribution is 5.82. The van der Waals surface area contributed by atoms with E-state index in [1.807, 2.05) is 43.3 Å².